The van der Waals surface area contributed by atoms with Gasteiger partial charge in [-0.25, -0.2) is 0 Å². The highest BCUT2D eigenvalue weighted by molar-refractivity contribution is 6.03. The zero-order chi connectivity index (χ0) is 17.6. The van der Waals surface area contributed by atoms with Crippen LogP contribution >= 0.6 is 0 Å². The first kappa shape index (κ1) is 17.0. The topological polar surface area (TPSA) is 102 Å². The number of rotatable bonds is 7. The number of nitrogens with zero attached hydrogens (tertiary/aromatic N) is 1. The summed E-state index contributed by atoms with van der Waals surface area (Å²) >= 11 is 0. The summed E-state index contributed by atoms with van der Waals surface area (Å²) in [4.78, 5) is 22.8. The predicted molar refractivity (Wildman–Crippen MR) is 89.9 cm³/mol. The van der Waals surface area contributed by atoms with Crippen molar-refractivity contribution in [3.05, 3.63) is 41.3 Å². The molecule has 0 saturated carbocycles. The van der Waals surface area contributed by atoms with Crippen molar-refractivity contribution in [1.82, 2.24) is 5.16 Å². The second-order valence-corrected chi connectivity index (χ2v) is 5.96. The number of hydrogen-bond donors (Lipinski definition) is 2. The average molecular weight is 344 g/mol. The third kappa shape index (κ3) is 4.37. The van der Waals surface area contributed by atoms with Gasteiger partial charge >= 0.3 is 5.97 Å². The average Bonchev–Trinajstić information content (AvgIpc) is 3.04. The first-order valence-corrected chi connectivity index (χ1v) is 8.37. The number of amides is 1. The molecule has 0 unspecified atom stereocenters. The number of aromatic nitrogens is 1. The molecule has 1 aromatic heterocycles. The number of nitrogens with one attached hydrogen (secondary N) is 1. The Balaban J connectivity index is 1.55. The van der Waals surface area contributed by atoms with Gasteiger partial charge in [0.25, 0.3) is 5.91 Å². The molecule has 132 valence electrons. The predicted octanol–water partition coefficient (Wildman–Crippen LogP) is 3.05. The molecule has 25 heavy (non-hydrogen) atoms. The Hall–Kier alpha value is -2.83. The van der Waals surface area contributed by atoms with Crippen LogP contribution in [-0.2, 0) is 17.6 Å². The Kier molecular flexibility index (Phi) is 5.33. The Labute approximate surface area is 145 Å². The van der Waals surface area contributed by atoms with E-state index in [1.807, 2.05) is 0 Å². The summed E-state index contributed by atoms with van der Waals surface area (Å²) in [5.41, 5.74) is 1.92. The van der Waals surface area contributed by atoms with Gasteiger partial charge in [0.15, 0.2) is 5.69 Å². The number of carboxylic acids is 1. The Morgan fingerprint density at radius 2 is 1.96 bits per heavy atom. The fourth-order valence-electron chi connectivity index (χ4n) is 2.80. The molecule has 1 aromatic carbocycles. The van der Waals surface area contributed by atoms with Crippen LogP contribution in [0, 0.1) is 0 Å². The largest absolute Gasteiger partial charge is 0.494 e. The molecular weight excluding hydrogens is 324 g/mol. The molecule has 0 atom stereocenters. The van der Waals surface area contributed by atoms with E-state index in [1.54, 1.807) is 24.3 Å². The second kappa shape index (κ2) is 7.83. The van der Waals surface area contributed by atoms with E-state index >= 15 is 0 Å². The lowest BCUT2D eigenvalue weighted by atomic mass is 9.96. The van der Waals surface area contributed by atoms with Gasteiger partial charge in [0, 0.05) is 24.1 Å². The smallest absolute Gasteiger partial charge is 0.303 e. The van der Waals surface area contributed by atoms with Crippen LogP contribution in [0.4, 0.5) is 5.69 Å². The van der Waals surface area contributed by atoms with Crippen LogP contribution in [-0.4, -0.2) is 28.7 Å². The fourth-order valence-corrected chi connectivity index (χ4v) is 2.80. The van der Waals surface area contributed by atoms with Crippen LogP contribution in [0.25, 0.3) is 0 Å². The second-order valence-electron chi connectivity index (χ2n) is 5.96. The van der Waals surface area contributed by atoms with Crippen molar-refractivity contribution in [2.45, 2.75) is 38.5 Å². The van der Waals surface area contributed by atoms with Crippen LogP contribution in [0.5, 0.6) is 5.75 Å². The number of fused-ring (bicyclic) bond motifs is 1. The zero-order valence-corrected chi connectivity index (χ0v) is 13.8. The summed E-state index contributed by atoms with van der Waals surface area (Å²) in [6.07, 6.45) is 4.30. The highest BCUT2D eigenvalue weighted by Gasteiger charge is 2.23. The van der Waals surface area contributed by atoms with Crippen LogP contribution in [0.3, 0.4) is 0 Å². The van der Waals surface area contributed by atoms with Crippen LogP contribution in [0.1, 0.15) is 47.5 Å². The number of ether oxygens (including phenoxy) is 1. The number of carboxylic acid groups (broad SMARTS) is 1. The first-order chi connectivity index (χ1) is 12.1. The van der Waals surface area contributed by atoms with Gasteiger partial charge in [-0.2, -0.15) is 0 Å². The molecule has 2 aromatic rings. The monoisotopic (exact) mass is 344 g/mol. The van der Waals surface area contributed by atoms with Crippen molar-refractivity contribution in [3.63, 3.8) is 0 Å². The molecule has 2 N–H and O–H groups in total. The van der Waals surface area contributed by atoms with Crippen molar-refractivity contribution >= 4 is 17.6 Å². The van der Waals surface area contributed by atoms with Crippen molar-refractivity contribution in [2.24, 2.45) is 0 Å². The number of carbonyl (C=O) groups is 2. The lowest BCUT2D eigenvalue weighted by Crippen LogP contribution is -2.15. The van der Waals surface area contributed by atoms with Crippen LogP contribution < -0.4 is 10.1 Å². The summed E-state index contributed by atoms with van der Waals surface area (Å²) in [5.74, 6) is 0.336. The fraction of sp³-hybridized carbons (Fsp3) is 0.389. The molecule has 7 nitrogen and oxygen atoms in total. The SMILES string of the molecule is O=C(O)CCCOc1ccc(NC(=O)c2noc3c2CCCC3)cc1. The van der Waals surface area contributed by atoms with E-state index in [2.05, 4.69) is 10.5 Å². The molecule has 3 rings (SSSR count). The van der Waals surface area contributed by atoms with Gasteiger partial charge < -0.3 is 19.7 Å². The minimum absolute atomic E-state index is 0.0795. The standard InChI is InChI=1S/C18H20N2O5/c21-16(22)6-3-11-24-13-9-7-12(8-10-13)19-18(23)17-14-4-1-2-5-15(14)25-20-17/h7-10H,1-6,11H2,(H,19,23)(H,21,22). The summed E-state index contributed by atoms with van der Waals surface area (Å²) in [6.45, 7) is 0.336. The summed E-state index contributed by atoms with van der Waals surface area (Å²) in [6, 6.07) is 6.93. The van der Waals surface area contributed by atoms with Crippen molar-refractivity contribution in [3.8, 4) is 5.75 Å². The molecule has 0 fully saturated rings. The number of benzene rings is 1. The lowest BCUT2D eigenvalue weighted by molar-refractivity contribution is -0.137. The summed E-state index contributed by atoms with van der Waals surface area (Å²) < 4.78 is 10.7. The molecule has 1 heterocycles. The van der Waals surface area contributed by atoms with Gasteiger partial charge in [-0.3, -0.25) is 9.59 Å². The van der Waals surface area contributed by atoms with E-state index in [4.69, 9.17) is 14.4 Å². The zero-order valence-electron chi connectivity index (χ0n) is 13.8. The number of anilines is 1. The maximum absolute atomic E-state index is 12.4. The van der Waals surface area contributed by atoms with Crippen LogP contribution in [0.15, 0.2) is 28.8 Å². The third-order valence-electron chi connectivity index (χ3n) is 4.08. The summed E-state index contributed by atoms with van der Waals surface area (Å²) in [5, 5.41) is 15.3. The van der Waals surface area contributed by atoms with Gasteiger partial charge in [-0.15, -0.1) is 0 Å². The molecule has 0 saturated heterocycles. The highest BCUT2D eigenvalue weighted by Crippen LogP contribution is 2.25. The number of carbonyl (C=O) groups excluding carboxylic acids is 1. The van der Waals surface area contributed by atoms with Crippen LogP contribution in [0.2, 0.25) is 0 Å². The quantitative estimate of drug-likeness (QED) is 0.749. The molecular formula is C18H20N2O5. The maximum atomic E-state index is 12.4. The first-order valence-electron chi connectivity index (χ1n) is 8.37. The Bertz CT molecular complexity index is 751. The molecule has 0 spiro atoms. The molecule has 1 aliphatic carbocycles. The van der Waals surface area contributed by atoms with E-state index in [0.717, 1.165) is 37.0 Å². The molecule has 1 amide bonds. The molecule has 0 aliphatic heterocycles. The highest BCUT2D eigenvalue weighted by atomic mass is 16.5. The van der Waals surface area contributed by atoms with Gasteiger partial charge in [-0.1, -0.05) is 5.16 Å². The molecule has 7 heteroatoms. The van der Waals surface area contributed by atoms with E-state index in [-0.39, 0.29) is 12.3 Å². The minimum atomic E-state index is -0.836. The normalized spacial score (nSPS) is 13.1. The van der Waals surface area contributed by atoms with E-state index in [9.17, 15) is 9.59 Å². The number of aryl methyl sites for hydroxylation is 1. The Morgan fingerprint density at radius 1 is 1.20 bits per heavy atom. The van der Waals surface area contributed by atoms with E-state index in [1.165, 1.54) is 0 Å². The third-order valence-corrected chi connectivity index (χ3v) is 4.08. The maximum Gasteiger partial charge on any atom is 0.303 e. The van der Waals surface area contributed by atoms with Gasteiger partial charge in [0.2, 0.25) is 0 Å². The van der Waals surface area contributed by atoms with Gasteiger partial charge in [0.1, 0.15) is 11.5 Å². The van der Waals surface area contributed by atoms with Gasteiger partial charge in [0.05, 0.1) is 6.61 Å². The number of aliphatic carboxylic acids is 1. The lowest BCUT2D eigenvalue weighted by Gasteiger charge is -2.10. The van der Waals surface area contributed by atoms with Crippen molar-refractivity contribution in [1.29, 1.82) is 0 Å². The molecule has 0 bridgehead atoms. The Morgan fingerprint density at radius 3 is 2.72 bits per heavy atom. The van der Waals surface area contributed by atoms with E-state index in [0.29, 0.717) is 30.2 Å². The minimum Gasteiger partial charge on any atom is -0.494 e. The van der Waals surface area contributed by atoms with Crippen molar-refractivity contribution in [2.75, 3.05) is 11.9 Å². The molecule has 0 radical (unpaired) electrons. The summed E-state index contributed by atoms with van der Waals surface area (Å²) in [7, 11) is 0. The number of hydrogen-bond acceptors (Lipinski definition) is 5. The van der Waals surface area contributed by atoms with Gasteiger partial charge in [-0.05, 0) is 49.9 Å². The van der Waals surface area contributed by atoms with E-state index < -0.39 is 5.97 Å². The van der Waals surface area contributed by atoms with Crippen molar-refractivity contribution < 1.29 is 24.0 Å². The molecule has 1 aliphatic rings.